The maximum atomic E-state index is 11.3. The van der Waals surface area contributed by atoms with Gasteiger partial charge in [0, 0.05) is 5.56 Å². The lowest BCUT2D eigenvalue weighted by molar-refractivity contribution is 0.101. The molecule has 2 rings (SSSR count). The third-order valence-electron chi connectivity index (χ3n) is 3.15. The summed E-state index contributed by atoms with van der Waals surface area (Å²) in [5.74, 6) is 0.803. The maximum absolute atomic E-state index is 11.3. The fourth-order valence-corrected chi connectivity index (χ4v) is 2.48. The maximum Gasteiger partial charge on any atom is 0.159 e. The van der Waals surface area contributed by atoms with Crippen LogP contribution >= 0.6 is 11.6 Å². The molecule has 2 nitrogen and oxygen atoms in total. The molecule has 0 aliphatic heterocycles. The Balaban J connectivity index is 2.07. The first-order valence-electron chi connectivity index (χ1n) is 6.08. The summed E-state index contributed by atoms with van der Waals surface area (Å²) >= 11 is 6.24. The predicted molar refractivity (Wildman–Crippen MR) is 69.0 cm³/mol. The van der Waals surface area contributed by atoms with Gasteiger partial charge >= 0.3 is 0 Å². The third kappa shape index (κ3) is 3.22. The van der Waals surface area contributed by atoms with Crippen LogP contribution in [0.25, 0.3) is 0 Å². The average molecular weight is 253 g/mol. The van der Waals surface area contributed by atoms with Crippen LogP contribution in [0.1, 0.15) is 43.0 Å². The van der Waals surface area contributed by atoms with E-state index in [2.05, 4.69) is 0 Å². The van der Waals surface area contributed by atoms with Gasteiger partial charge in [-0.25, -0.2) is 0 Å². The predicted octanol–water partition coefficient (Wildman–Crippen LogP) is 3.82. The molecule has 1 aliphatic rings. The minimum absolute atomic E-state index is 0.0570. The number of benzene rings is 1. The summed E-state index contributed by atoms with van der Waals surface area (Å²) in [5, 5.41) is 0.0877. The second-order valence-corrected chi connectivity index (χ2v) is 5.10. The van der Waals surface area contributed by atoms with Crippen LogP contribution in [0.4, 0.5) is 0 Å². The summed E-state index contributed by atoms with van der Waals surface area (Å²) in [4.78, 5) is 11.3. The van der Waals surface area contributed by atoms with Gasteiger partial charge in [-0.1, -0.05) is 18.6 Å². The molecule has 0 heterocycles. The quantitative estimate of drug-likeness (QED) is 0.604. The number of ketones is 1. The van der Waals surface area contributed by atoms with Crippen LogP contribution in [0.2, 0.25) is 0 Å². The van der Waals surface area contributed by atoms with Gasteiger partial charge in [0.2, 0.25) is 0 Å². The zero-order valence-electron chi connectivity index (χ0n) is 9.99. The number of carbonyl (C=O) groups excluding carboxylic acids is 1. The number of rotatable bonds is 3. The zero-order chi connectivity index (χ0) is 12.3. The van der Waals surface area contributed by atoms with Gasteiger partial charge in [0.15, 0.2) is 5.78 Å². The summed E-state index contributed by atoms with van der Waals surface area (Å²) in [5.41, 5.74) is 0.685. The molecule has 1 aliphatic carbocycles. The smallest absolute Gasteiger partial charge is 0.159 e. The lowest BCUT2D eigenvalue weighted by Crippen LogP contribution is -2.30. The van der Waals surface area contributed by atoms with Crippen molar-refractivity contribution in [3.63, 3.8) is 0 Å². The molecule has 17 heavy (non-hydrogen) atoms. The average Bonchev–Trinajstić information content (AvgIpc) is 2.32. The van der Waals surface area contributed by atoms with Crippen LogP contribution in [-0.4, -0.2) is 17.3 Å². The Labute approximate surface area is 107 Å². The number of carbonyl (C=O) groups is 1. The first kappa shape index (κ1) is 12.4. The van der Waals surface area contributed by atoms with E-state index in [1.807, 2.05) is 12.1 Å². The molecule has 0 spiro atoms. The summed E-state index contributed by atoms with van der Waals surface area (Å²) in [6.45, 7) is 1.56. The van der Waals surface area contributed by atoms with Crippen LogP contribution in [0.5, 0.6) is 5.75 Å². The third-order valence-corrected chi connectivity index (χ3v) is 3.65. The summed E-state index contributed by atoms with van der Waals surface area (Å²) < 4.78 is 5.87. The number of ether oxygens (including phenoxy) is 1. The number of halogens is 1. The van der Waals surface area contributed by atoms with E-state index in [0.717, 1.165) is 18.6 Å². The molecule has 92 valence electrons. The van der Waals surface area contributed by atoms with E-state index >= 15 is 0 Å². The molecule has 0 N–H and O–H groups in total. The molecule has 1 saturated carbocycles. The molecule has 0 aromatic heterocycles. The van der Waals surface area contributed by atoms with Crippen molar-refractivity contribution in [3.05, 3.63) is 29.8 Å². The highest BCUT2D eigenvalue weighted by molar-refractivity contribution is 6.21. The summed E-state index contributed by atoms with van der Waals surface area (Å²) in [7, 11) is 0. The highest BCUT2D eigenvalue weighted by atomic mass is 35.5. The van der Waals surface area contributed by atoms with Gasteiger partial charge in [-0.3, -0.25) is 4.79 Å². The van der Waals surface area contributed by atoms with Crippen LogP contribution in [0, 0.1) is 0 Å². The first-order chi connectivity index (χ1) is 8.16. The molecule has 1 aromatic carbocycles. The lowest BCUT2D eigenvalue weighted by atomic mass is 9.97. The Hall–Kier alpha value is -1.02. The van der Waals surface area contributed by atoms with E-state index in [0.29, 0.717) is 5.56 Å². The van der Waals surface area contributed by atoms with Crippen molar-refractivity contribution in [2.24, 2.45) is 0 Å². The standard InChI is InChI=1S/C14H17ClO2/c1-10(16)11-5-4-6-12(9-11)17-14-8-3-2-7-13(14)15/h4-6,9,13-14H,2-3,7-8H2,1H3/t13-,14+/m1/s1. The van der Waals surface area contributed by atoms with E-state index in [-0.39, 0.29) is 17.3 Å². The Kier molecular flexibility index (Phi) is 4.06. The highest BCUT2D eigenvalue weighted by Crippen LogP contribution is 2.27. The molecule has 0 amide bonds. The fourth-order valence-electron chi connectivity index (χ4n) is 2.15. The molecule has 0 radical (unpaired) electrons. The minimum atomic E-state index is 0.0570. The Bertz CT molecular complexity index is 403. The van der Waals surface area contributed by atoms with Gasteiger partial charge in [0.25, 0.3) is 0 Å². The van der Waals surface area contributed by atoms with Gasteiger partial charge < -0.3 is 4.74 Å². The van der Waals surface area contributed by atoms with Crippen molar-refractivity contribution in [2.45, 2.75) is 44.1 Å². The van der Waals surface area contributed by atoms with Gasteiger partial charge in [-0.05, 0) is 38.3 Å². The van der Waals surface area contributed by atoms with E-state index in [4.69, 9.17) is 16.3 Å². The monoisotopic (exact) mass is 252 g/mol. The largest absolute Gasteiger partial charge is 0.489 e. The van der Waals surface area contributed by atoms with Crippen LogP contribution in [0.3, 0.4) is 0 Å². The molecular weight excluding hydrogens is 236 g/mol. The molecule has 0 unspecified atom stereocenters. The molecule has 0 bridgehead atoms. The van der Waals surface area contributed by atoms with E-state index in [1.54, 1.807) is 19.1 Å². The first-order valence-corrected chi connectivity index (χ1v) is 6.52. The Morgan fingerprint density at radius 1 is 1.35 bits per heavy atom. The molecule has 3 heteroatoms. The van der Waals surface area contributed by atoms with Crippen molar-refractivity contribution < 1.29 is 9.53 Å². The van der Waals surface area contributed by atoms with E-state index < -0.39 is 0 Å². The van der Waals surface area contributed by atoms with Gasteiger partial charge in [-0.2, -0.15) is 0 Å². The number of Topliss-reactive ketones (excluding diaryl/α,β-unsaturated/α-hetero) is 1. The molecule has 2 atom stereocenters. The molecule has 1 aromatic rings. The molecule has 0 saturated heterocycles. The highest BCUT2D eigenvalue weighted by Gasteiger charge is 2.24. The second-order valence-electron chi connectivity index (χ2n) is 4.54. The van der Waals surface area contributed by atoms with Crippen molar-refractivity contribution in [3.8, 4) is 5.75 Å². The number of hydrogen-bond donors (Lipinski definition) is 0. The van der Waals surface area contributed by atoms with E-state index in [1.165, 1.54) is 12.8 Å². The summed E-state index contributed by atoms with van der Waals surface area (Å²) in [6, 6.07) is 7.32. The topological polar surface area (TPSA) is 26.3 Å². The normalized spacial score (nSPS) is 24.4. The molecular formula is C14H17ClO2. The van der Waals surface area contributed by atoms with Gasteiger partial charge in [0.1, 0.15) is 11.9 Å². The van der Waals surface area contributed by atoms with Gasteiger partial charge in [-0.15, -0.1) is 11.6 Å². The molecule has 1 fully saturated rings. The Morgan fingerprint density at radius 3 is 2.82 bits per heavy atom. The summed E-state index contributed by atoms with van der Waals surface area (Å²) in [6.07, 6.45) is 4.44. The Morgan fingerprint density at radius 2 is 2.12 bits per heavy atom. The van der Waals surface area contributed by atoms with Crippen molar-refractivity contribution in [2.75, 3.05) is 0 Å². The van der Waals surface area contributed by atoms with Crippen molar-refractivity contribution in [1.82, 2.24) is 0 Å². The van der Waals surface area contributed by atoms with Crippen LogP contribution < -0.4 is 4.74 Å². The van der Waals surface area contributed by atoms with Crippen LogP contribution in [-0.2, 0) is 0 Å². The van der Waals surface area contributed by atoms with E-state index in [9.17, 15) is 4.79 Å². The fraction of sp³-hybridized carbons (Fsp3) is 0.500. The number of hydrogen-bond acceptors (Lipinski definition) is 2. The van der Waals surface area contributed by atoms with Gasteiger partial charge in [0.05, 0.1) is 5.38 Å². The zero-order valence-corrected chi connectivity index (χ0v) is 10.7. The van der Waals surface area contributed by atoms with Crippen molar-refractivity contribution >= 4 is 17.4 Å². The minimum Gasteiger partial charge on any atom is -0.489 e. The lowest BCUT2D eigenvalue weighted by Gasteiger charge is -2.27. The van der Waals surface area contributed by atoms with Crippen LogP contribution in [0.15, 0.2) is 24.3 Å². The van der Waals surface area contributed by atoms with Crippen molar-refractivity contribution in [1.29, 1.82) is 0 Å². The SMILES string of the molecule is CC(=O)c1cccc(O[C@H]2CCCC[C@H]2Cl)c1. The number of alkyl halides is 1. The second kappa shape index (κ2) is 5.54.